The largest absolute Gasteiger partial charge is 0.335 e. The van der Waals surface area contributed by atoms with E-state index in [2.05, 4.69) is 27.1 Å². The van der Waals surface area contributed by atoms with Crippen LogP contribution in [0.15, 0.2) is 0 Å². The molecule has 5 fully saturated rings. The maximum absolute atomic E-state index is 12.6. The molecule has 4 unspecified atom stereocenters. The number of amides is 2. The van der Waals surface area contributed by atoms with Crippen molar-refractivity contribution < 1.29 is 4.79 Å². The molecule has 2 aliphatic heterocycles. The second kappa shape index (κ2) is 6.41. The first-order valence-electron chi connectivity index (χ1n) is 10.7. The van der Waals surface area contributed by atoms with Crippen molar-refractivity contribution in [3.8, 4) is 0 Å². The molecule has 5 aliphatic rings. The minimum absolute atomic E-state index is 0.233. The Hall–Kier alpha value is -0.810. The zero-order valence-electron chi connectivity index (χ0n) is 15.7. The number of hydrogen-bond donors (Lipinski definition) is 1. The number of piperidine rings is 1. The SMILES string of the molecule is CN1CCN(CC2CCN(C(=O)NC3C4C5CCC(C5)C34)CC2)CC1. The van der Waals surface area contributed by atoms with E-state index < -0.39 is 0 Å². The number of nitrogens with zero attached hydrogens (tertiary/aromatic N) is 3. The highest BCUT2D eigenvalue weighted by molar-refractivity contribution is 5.75. The van der Waals surface area contributed by atoms with E-state index >= 15 is 0 Å². The van der Waals surface area contributed by atoms with E-state index in [4.69, 9.17) is 0 Å². The lowest BCUT2D eigenvalue weighted by Crippen LogP contribution is -2.49. The van der Waals surface area contributed by atoms with Crippen molar-refractivity contribution >= 4 is 6.03 Å². The standard InChI is InChI=1S/C20H34N4O/c1-22-8-10-23(11-9-22)13-14-4-6-24(7-5-14)20(25)21-19-17-15-2-3-16(12-15)18(17)19/h14-19H,2-13H2,1H3,(H,21,25). The Kier molecular flexibility index (Phi) is 4.20. The number of carbonyl (C=O) groups is 1. The molecule has 2 bridgehead atoms. The van der Waals surface area contributed by atoms with E-state index in [9.17, 15) is 4.79 Å². The Morgan fingerprint density at radius 2 is 1.56 bits per heavy atom. The quantitative estimate of drug-likeness (QED) is 0.845. The highest BCUT2D eigenvalue weighted by atomic mass is 16.2. The van der Waals surface area contributed by atoms with E-state index in [1.165, 1.54) is 64.8 Å². The molecule has 0 aromatic carbocycles. The predicted molar refractivity (Wildman–Crippen MR) is 98.4 cm³/mol. The Labute approximate surface area is 152 Å². The Balaban J connectivity index is 1.05. The molecule has 4 atom stereocenters. The minimum Gasteiger partial charge on any atom is -0.335 e. The summed E-state index contributed by atoms with van der Waals surface area (Å²) >= 11 is 0. The summed E-state index contributed by atoms with van der Waals surface area (Å²) in [6, 6.07) is 0.763. The van der Waals surface area contributed by atoms with Gasteiger partial charge in [-0.1, -0.05) is 0 Å². The van der Waals surface area contributed by atoms with Crippen molar-refractivity contribution in [2.75, 3.05) is 52.9 Å². The summed E-state index contributed by atoms with van der Waals surface area (Å²) in [4.78, 5) is 19.8. The molecule has 0 radical (unpaired) electrons. The molecular formula is C20H34N4O. The fraction of sp³-hybridized carbons (Fsp3) is 0.950. The van der Waals surface area contributed by atoms with Crippen molar-refractivity contribution in [3.63, 3.8) is 0 Å². The summed E-state index contributed by atoms with van der Waals surface area (Å²) in [6.07, 6.45) is 6.68. The summed E-state index contributed by atoms with van der Waals surface area (Å²) in [5, 5.41) is 3.40. The van der Waals surface area contributed by atoms with Gasteiger partial charge in [-0.3, -0.25) is 0 Å². The maximum Gasteiger partial charge on any atom is 0.317 e. The van der Waals surface area contributed by atoms with Crippen LogP contribution in [0.25, 0.3) is 0 Å². The van der Waals surface area contributed by atoms with Crippen molar-refractivity contribution in [1.82, 2.24) is 20.0 Å². The molecular weight excluding hydrogens is 312 g/mol. The van der Waals surface area contributed by atoms with E-state index in [0.717, 1.165) is 42.7 Å². The van der Waals surface area contributed by atoms with Gasteiger partial charge in [-0.25, -0.2) is 4.79 Å². The van der Waals surface area contributed by atoms with E-state index in [1.807, 2.05) is 0 Å². The predicted octanol–water partition coefficient (Wildman–Crippen LogP) is 1.70. The first-order chi connectivity index (χ1) is 12.2. The highest BCUT2D eigenvalue weighted by Gasteiger charge is 2.65. The molecule has 0 spiro atoms. The number of likely N-dealkylation sites (N-methyl/N-ethyl adjacent to an activating group) is 1. The van der Waals surface area contributed by atoms with Gasteiger partial charge < -0.3 is 20.0 Å². The third kappa shape index (κ3) is 3.08. The monoisotopic (exact) mass is 346 g/mol. The molecule has 2 saturated heterocycles. The van der Waals surface area contributed by atoms with Crippen molar-refractivity contribution in [1.29, 1.82) is 0 Å². The van der Waals surface area contributed by atoms with Crippen LogP contribution in [0.4, 0.5) is 4.79 Å². The third-order valence-electron chi connectivity index (χ3n) is 8.04. The van der Waals surface area contributed by atoms with Crippen molar-refractivity contribution in [2.45, 2.75) is 38.1 Å². The van der Waals surface area contributed by atoms with Gasteiger partial charge in [0.25, 0.3) is 0 Å². The summed E-state index contributed by atoms with van der Waals surface area (Å²) in [5.74, 6) is 4.35. The molecule has 0 aromatic heterocycles. The lowest BCUT2D eigenvalue weighted by Gasteiger charge is -2.38. The second-order valence-electron chi connectivity index (χ2n) is 9.50. The zero-order valence-corrected chi connectivity index (χ0v) is 15.7. The molecule has 0 aromatic rings. The Morgan fingerprint density at radius 3 is 2.20 bits per heavy atom. The first-order valence-corrected chi connectivity index (χ1v) is 10.7. The number of nitrogens with one attached hydrogen (secondary N) is 1. The lowest BCUT2D eigenvalue weighted by atomic mass is 9.96. The van der Waals surface area contributed by atoms with Crippen LogP contribution in [-0.2, 0) is 0 Å². The Bertz CT molecular complexity index is 494. The molecule has 5 nitrogen and oxygen atoms in total. The maximum atomic E-state index is 12.6. The number of carbonyl (C=O) groups excluding carboxylic acids is 1. The van der Waals surface area contributed by atoms with Crippen LogP contribution in [0.3, 0.4) is 0 Å². The van der Waals surface area contributed by atoms with E-state index in [1.54, 1.807) is 0 Å². The molecule has 5 rings (SSSR count). The molecule has 3 aliphatic carbocycles. The molecule has 140 valence electrons. The first kappa shape index (κ1) is 16.4. The van der Waals surface area contributed by atoms with Crippen molar-refractivity contribution in [3.05, 3.63) is 0 Å². The number of hydrogen-bond acceptors (Lipinski definition) is 3. The molecule has 2 amide bonds. The van der Waals surface area contributed by atoms with Crippen LogP contribution < -0.4 is 5.32 Å². The minimum atomic E-state index is 0.233. The zero-order chi connectivity index (χ0) is 17.0. The van der Waals surface area contributed by atoms with E-state index in [0.29, 0.717) is 6.04 Å². The molecule has 5 heteroatoms. The van der Waals surface area contributed by atoms with Crippen molar-refractivity contribution in [2.24, 2.45) is 29.6 Å². The van der Waals surface area contributed by atoms with Crippen LogP contribution in [0.5, 0.6) is 0 Å². The normalized spacial score (nSPS) is 41.8. The topological polar surface area (TPSA) is 38.8 Å². The van der Waals surface area contributed by atoms with Gasteiger partial charge >= 0.3 is 6.03 Å². The van der Waals surface area contributed by atoms with Crippen LogP contribution >= 0.6 is 0 Å². The average molecular weight is 347 g/mol. The van der Waals surface area contributed by atoms with Gasteiger partial charge in [-0.15, -0.1) is 0 Å². The Morgan fingerprint density at radius 1 is 0.920 bits per heavy atom. The highest BCUT2D eigenvalue weighted by Crippen LogP contribution is 2.65. The summed E-state index contributed by atoms with van der Waals surface area (Å²) in [5.41, 5.74) is 0. The summed E-state index contributed by atoms with van der Waals surface area (Å²) in [7, 11) is 2.22. The van der Waals surface area contributed by atoms with Crippen LogP contribution in [0, 0.1) is 29.6 Å². The van der Waals surface area contributed by atoms with Crippen LogP contribution in [0.2, 0.25) is 0 Å². The number of urea groups is 1. The fourth-order valence-electron chi connectivity index (χ4n) is 6.47. The van der Waals surface area contributed by atoms with Gasteiger partial charge in [0.2, 0.25) is 0 Å². The molecule has 3 saturated carbocycles. The number of rotatable bonds is 3. The van der Waals surface area contributed by atoms with E-state index in [-0.39, 0.29) is 6.03 Å². The van der Waals surface area contributed by atoms with Gasteiger partial charge in [-0.05, 0) is 68.7 Å². The molecule has 2 heterocycles. The van der Waals surface area contributed by atoms with Crippen LogP contribution in [0.1, 0.15) is 32.1 Å². The molecule has 1 N–H and O–H groups in total. The van der Waals surface area contributed by atoms with Crippen LogP contribution in [-0.4, -0.2) is 79.6 Å². The van der Waals surface area contributed by atoms with Gasteiger partial charge in [0, 0.05) is 51.9 Å². The third-order valence-corrected chi connectivity index (χ3v) is 8.04. The summed E-state index contributed by atoms with van der Waals surface area (Å²) in [6.45, 7) is 7.98. The fourth-order valence-corrected chi connectivity index (χ4v) is 6.47. The smallest absolute Gasteiger partial charge is 0.317 e. The number of piperazine rings is 1. The van der Waals surface area contributed by atoms with Gasteiger partial charge in [0.1, 0.15) is 0 Å². The second-order valence-corrected chi connectivity index (χ2v) is 9.50. The summed E-state index contributed by atoms with van der Waals surface area (Å²) < 4.78 is 0. The van der Waals surface area contributed by atoms with Gasteiger partial charge in [0.05, 0.1) is 0 Å². The lowest BCUT2D eigenvalue weighted by molar-refractivity contribution is 0.110. The van der Waals surface area contributed by atoms with Gasteiger partial charge in [-0.2, -0.15) is 0 Å². The number of fused-ring (bicyclic) bond motifs is 5. The van der Waals surface area contributed by atoms with Gasteiger partial charge in [0.15, 0.2) is 0 Å². The number of likely N-dealkylation sites (tertiary alicyclic amines) is 1. The average Bonchev–Trinajstić information content (AvgIpc) is 3.00. The molecule has 25 heavy (non-hydrogen) atoms.